The van der Waals surface area contributed by atoms with Gasteiger partial charge in [0, 0.05) is 12.3 Å². The Morgan fingerprint density at radius 3 is 2.48 bits per heavy atom. The molecule has 0 saturated carbocycles. The number of nitrogens with zero attached hydrogens (tertiary/aromatic N) is 1. The van der Waals surface area contributed by atoms with E-state index in [4.69, 9.17) is 11.6 Å². The van der Waals surface area contributed by atoms with Crippen LogP contribution in [0.3, 0.4) is 0 Å². The highest BCUT2D eigenvalue weighted by Crippen LogP contribution is 2.27. The lowest BCUT2D eigenvalue weighted by atomic mass is 10.1. The van der Waals surface area contributed by atoms with Gasteiger partial charge in [0.15, 0.2) is 9.84 Å². The molecular weight excluding hydrogens is 344 g/mol. The summed E-state index contributed by atoms with van der Waals surface area (Å²) in [6.45, 7) is 0. The van der Waals surface area contributed by atoms with Gasteiger partial charge in [-0.3, -0.25) is 14.9 Å². The van der Waals surface area contributed by atoms with Crippen molar-refractivity contribution in [1.29, 1.82) is 0 Å². The highest BCUT2D eigenvalue weighted by molar-refractivity contribution is 7.90. The molecule has 0 atom stereocenters. The first-order chi connectivity index (χ1) is 10.7. The molecule has 2 aromatic rings. The zero-order valence-electron chi connectivity index (χ0n) is 11.8. The molecule has 0 bridgehead atoms. The van der Waals surface area contributed by atoms with Gasteiger partial charge in [0.1, 0.15) is 5.56 Å². The van der Waals surface area contributed by atoms with Crippen LogP contribution in [0.2, 0.25) is 5.02 Å². The number of rotatable bonds is 4. The van der Waals surface area contributed by atoms with Crippen LogP contribution in [0.4, 0.5) is 11.4 Å². The fourth-order valence-electron chi connectivity index (χ4n) is 1.85. The van der Waals surface area contributed by atoms with E-state index >= 15 is 0 Å². The lowest BCUT2D eigenvalue weighted by molar-refractivity contribution is -0.385. The SMILES string of the molecule is CS(=O)(=O)c1ccc(Cl)c(NC(=O)c2ccccc2[N+](=O)[O-])c1. The molecule has 0 fully saturated rings. The van der Waals surface area contributed by atoms with Crippen LogP contribution in [-0.4, -0.2) is 25.5 Å². The van der Waals surface area contributed by atoms with Gasteiger partial charge in [-0.25, -0.2) is 8.42 Å². The molecule has 0 aliphatic heterocycles. The molecule has 0 spiro atoms. The molecule has 0 aliphatic carbocycles. The van der Waals surface area contributed by atoms with Gasteiger partial charge >= 0.3 is 0 Å². The molecule has 0 aromatic heterocycles. The third kappa shape index (κ3) is 3.85. The van der Waals surface area contributed by atoms with Gasteiger partial charge < -0.3 is 5.32 Å². The first-order valence-corrected chi connectivity index (χ1v) is 8.51. The predicted octanol–water partition coefficient (Wildman–Crippen LogP) is 2.90. The maximum Gasteiger partial charge on any atom is 0.282 e. The maximum atomic E-state index is 12.2. The minimum Gasteiger partial charge on any atom is -0.320 e. The molecule has 0 heterocycles. The Hall–Kier alpha value is -2.45. The van der Waals surface area contributed by atoms with Crippen LogP contribution in [0.25, 0.3) is 0 Å². The molecule has 9 heteroatoms. The number of carbonyl (C=O) groups excluding carboxylic acids is 1. The summed E-state index contributed by atoms with van der Waals surface area (Å²) in [6.07, 6.45) is 1.02. The van der Waals surface area contributed by atoms with Gasteiger partial charge in [-0.05, 0) is 24.3 Å². The number of hydrogen-bond acceptors (Lipinski definition) is 5. The van der Waals surface area contributed by atoms with Crippen molar-refractivity contribution in [3.63, 3.8) is 0 Å². The first-order valence-electron chi connectivity index (χ1n) is 6.24. The van der Waals surface area contributed by atoms with Crippen molar-refractivity contribution in [2.45, 2.75) is 4.90 Å². The molecule has 2 rings (SSSR count). The lowest BCUT2D eigenvalue weighted by Crippen LogP contribution is -2.14. The molecule has 7 nitrogen and oxygen atoms in total. The Kier molecular flexibility index (Phi) is 4.67. The third-order valence-corrected chi connectivity index (χ3v) is 4.40. The van der Waals surface area contributed by atoms with Crippen LogP contribution in [0.5, 0.6) is 0 Å². The molecule has 0 aliphatic rings. The molecule has 0 radical (unpaired) electrons. The van der Waals surface area contributed by atoms with Crippen molar-refractivity contribution < 1.29 is 18.1 Å². The summed E-state index contributed by atoms with van der Waals surface area (Å²) in [6, 6.07) is 9.24. The van der Waals surface area contributed by atoms with Gasteiger partial charge in [0.2, 0.25) is 0 Å². The van der Waals surface area contributed by atoms with E-state index in [0.717, 1.165) is 6.26 Å². The van der Waals surface area contributed by atoms with Gasteiger partial charge in [0.25, 0.3) is 11.6 Å². The van der Waals surface area contributed by atoms with Gasteiger partial charge in [-0.15, -0.1) is 0 Å². The largest absolute Gasteiger partial charge is 0.320 e. The molecule has 1 amide bonds. The molecule has 0 unspecified atom stereocenters. The van der Waals surface area contributed by atoms with Crippen molar-refractivity contribution >= 4 is 38.7 Å². The number of amides is 1. The summed E-state index contributed by atoms with van der Waals surface area (Å²) in [7, 11) is -3.48. The van der Waals surface area contributed by atoms with E-state index in [1.807, 2.05) is 0 Å². The zero-order valence-corrected chi connectivity index (χ0v) is 13.4. The van der Waals surface area contributed by atoms with Gasteiger partial charge in [-0.1, -0.05) is 23.7 Å². The van der Waals surface area contributed by atoms with Gasteiger partial charge in [0.05, 0.1) is 20.5 Å². The van der Waals surface area contributed by atoms with E-state index in [9.17, 15) is 23.3 Å². The highest BCUT2D eigenvalue weighted by Gasteiger charge is 2.20. The molecule has 2 aromatic carbocycles. The maximum absolute atomic E-state index is 12.2. The Morgan fingerprint density at radius 2 is 1.87 bits per heavy atom. The number of anilines is 1. The summed E-state index contributed by atoms with van der Waals surface area (Å²) in [5.41, 5.74) is -0.462. The van der Waals surface area contributed by atoms with Crippen molar-refractivity contribution in [3.8, 4) is 0 Å². The number of para-hydroxylation sites is 1. The van der Waals surface area contributed by atoms with Crippen LogP contribution in [0.1, 0.15) is 10.4 Å². The predicted molar refractivity (Wildman–Crippen MR) is 85.6 cm³/mol. The highest BCUT2D eigenvalue weighted by atomic mass is 35.5. The van der Waals surface area contributed by atoms with Crippen LogP contribution < -0.4 is 5.32 Å². The number of sulfone groups is 1. The average molecular weight is 355 g/mol. The Labute approximate surface area is 137 Å². The number of halogens is 1. The van der Waals surface area contributed by atoms with Crippen molar-refractivity contribution in [1.82, 2.24) is 0 Å². The van der Waals surface area contributed by atoms with E-state index in [1.54, 1.807) is 0 Å². The molecular formula is C14H11ClN2O5S. The summed E-state index contributed by atoms with van der Waals surface area (Å²) < 4.78 is 23.1. The number of carbonyl (C=O) groups is 1. The summed E-state index contributed by atoms with van der Waals surface area (Å²) in [4.78, 5) is 22.5. The number of hydrogen-bond donors (Lipinski definition) is 1. The molecule has 1 N–H and O–H groups in total. The van der Waals surface area contributed by atoms with Crippen LogP contribution in [0.15, 0.2) is 47.4 Å². The Bertz CT molecular complexity index is 896. The molecule has 120 valence electrons. The van der Waals surface area contributed by atoms with Crippen LogP contribution in [-0.2, 0) is 9.84 Å². The van der Waals surface area contributed by atoms with Gasteiger partial charge in [-0.2, -0.15) is 0 Å². The normalized spacial score (nSPS) is 11.0. The van der Waals surface area contributed by atoms with E-state index < -0.39 is 20.7 Å². The van der Waals surface area contributed by atoms with Crippen molar-refractivity contribution in [3.05, 3.63) is 63.2 Å². The molecule has 23 heavy (non-hydrogen) atoms. The smallest absolute Gasteiger partial charge is 0.282 e. The minimum absolute atomic E-state index is 0.0280. The van der Waals surface area contributed by atoms with Crippen molar-refractivity contribution in [2.75, 3.05) is 11.6 Å². The second-order valence-electron chi connectivity index (χ2n) is 4.64. The summed E-state index contributed by atoms with van der Waals surface area (Å²) >= 11 is 5.94. The number of nitro groups is 1. The molecule has 0 saturated heterocycles. The van der Waals surface area contributed by atoms with E-state index in [1.165, 1.54) is 42.5 Å². The average Bonchev–Trinajstić information content (AvgIpc) is 2.48. The van der Waals surface area contributed by atoms with Crippen LogP contribution >= 0.6 is 11.6 Å². The fraction of sp³-hybridized carbons (Fsp3) is 0.0714. The van der Waals surface area contributed by atoms with Crippen molar-refractivity contribution in [2.24, 2.45) is 0 Å². The number of nitro benzene ring substituents is 1. The second-order valence-corrected chi connectivity index (χ2v) is 7.07. The van der Waals surface area contributed by atoms with Crippen LogP contribution in [0, 0.1) is 10.1 Å². The minimum atomic E-state index is -3.48. The zero-order chi connectivity index (χ0) is 17.2. The third-order valence-electron chi connectivity index (χ3n) is 2.96. The summed E-state index contributed by atoms with van der Waals surface area (Å²) in [5.74, 6) is -0.759. The topological polar surface area (TPSA) is 106 Å². The number of nitrogens with one attached hydrogen (secondary N) is 1. The fourth-order valence-corrected chi connectivity index (χ4v) is 2.66. The summed E-state index contributed by atoms with van der Waals surface area (Å²) in [5, 5.41) is 13.5. The first kappa shape index (κ1) is 16.9. The quantitative estimate of drug-likeness (QED) is 0.671. The Balaban J connectivity index is 2.40. The Morgan fingerprint density at radius 1 is 1.22 bits per heavy atom. The lowest BCUT2D eigenvalue weighted by Gasteiger charge is -2.09. The standard InChI is InChI=1S/C14H11ClN2O5S/c1-23(21,22)9-6-7-11(15)12(8-9)16-14(18)10-4-2-3-5-13(10)17(19)20/h2-8H,1H3,(H,16,18). The second kappa shape index (κ2) is 6.35. The van der Waals surface area contributed by atoms with E-state index in [-0.39, 0.29) is 26.9 Å². The van der Waals surface area contributed by atoms with E-state index in [2.05, 4.69) is 5.32 Å². The monoisotopic (exact) mass is 354 g/mol. The number of benzene rings is 2. The van der Waals surface area contributed by atoms with E-state index in [0.29, 0.717) is 0 Å².